The number of carbonyl (C=O) groups excluding carboxylic acids is 2. The van der Waals surface area contributed by atoms with E-state index in [0.717, 1.165) is 48.1 Å². The Morgan fingerprint density at radius 2 is 1.66 bits per heavy atom. The second kappa shape index (κ2) is 12.6. The van der Waals surface area contributed by atoms with E-state index in [1.165, 1.54) is 6.42 Å². The second-order valence-electron chi connectivity index (χ2n) is 14.1. The maximum absolute atomic E-state index is 14.7. The van der Waals surface area contributed by atoms with Crippen LogP contribution in [0, 0.1) is 29.6 Å². The molecule has 8 nitrogen and oxygen atoms in total. The van der Waals surface area contributed by atoms with Gasteiger partial charge in [0, 0.05) is 17.7 Å². The molecule has 2 amide bonds. The molecule has 3 atom stereocenters. The summed E-state index contributed by atoms with van der Waals surface area (Å²) in [5, 5.41) is 11.6. The van der Waals surface area contributed by atoms with Gasteiger partial charge in [0.25, 0.3) is 11.8 Å². The van der Waals surface area contributed by atoms with E-state index in [1.54, 1.807) is 12.1 Å². The first-order chi connectivity index (χ1) is 22.7. The average Bonchev–Trinajstić information content (AvgIpc) is 3.99. The number of rotatable bonds is 12. The van der Waals surface area contributed by atoms with Gasteiger partial charge in [0.15, 0.2) is 0 Å². The highest BCUT2D eigenvalue weighted by Crippen LogP contribution is 2.74. The normalized spacial score (nSPS) is 26.5. The number of benzene rings is 3. The van der Waals surface area contributed by atoms with E-state index in [0.29, 0.717) is 47.5 Å². The van der Waals surface area contributed by atoms with Gasteiger partial charge in [-0.1, -0.05) is 56.3 Å². The van der Waals surface area contributed by atoms with Crippen LogP contribution in [0.5, 0.6) is 5.75 Å². The fourth-order valence-electron chi connectivity index (χ4n) is 7.82. The first-order valence-electron chi connectivity index (χ1n) is 17.0. The van der Waals surface area contributed by atoms with Crippen LogP contribution >= 0.6 is 0 Å². The molecule has 0 saturated heterocycles. The minimum absolute atomic E-state index is 0.0160. The van der Waals surface area contributed by atoms with E-state index in [2.05, 4.69) is 24.1 Å². The van der Waals surface area contributed by atoms with Gasteiger partial charge in [0.05, 0.1) is 12.5 Å². The minimum atomic E-state index is -0.952. The Hall–Kier alpha value is -4.46. The molecule has 244 valence electrons. The molecule has 2 N–H and O–H groups in total. The van der Waals surface area contributed by atoms with Crippen LogP contribution in [0.2, 0.25) is 0 Å². The number of amides is 2. The Balaban J connectivity index is 1.16. The molecular formula is C39H43N3O5. The van der Waals surface area contributed by atoms with Crippen molar-refractivity contribution in [2.45, 2.75) is 70.7 Å². The predicted molar refractivity (Wildman–Crippen MR) is 179 cm³/mol. The van der Waals surface area contributed by atoms with Crippen molar-refractivity contribution in [3.63, 3.8) is 0 Å². The number of ether oxygens (including phenoxy) is 1. The lowest BCUT2D eigenvalue weighted by Gasteiger charge is -2.46. The molecule has 1 heterocycles. The molecule has 0 aromatic heterocycles. The molecule has 8 heteroatoms. The van der Waals surface area contributed by atoms with Crippen LogP contribution in [0.4, 0.5) is 0 Å². The molecule has 0 radical (unpaired) electrons. The molecule has 3 saturated carbocycles. The number of hydrogen-bond donors (Lipinski definition) is 2. The Morgan fingerprint density at radius 1 is 0.979 bits per heavy atom. The highest BCUT2D eigenvalue weighted by Gasteiger charge is 2.70. The molecule has 3 aliphatic carbocycles. The molecule has 3 aromatic carbocycles. The second-order valence-corrected chi connectivity index (χ2v) is 14.1. The highest BCUT2D eigenvalue weighted by molar-refractivity contribution is 6.46. The van der Waals surface area contributed by atoms with Crippen molar-refractivity contribution in [2.75, 3.05) is 6.54 Å². The SMILES string of the molecule is CC(C)C1CCC2(CC1)N=C(c1ccc(OCc3ccccc3)cc1)C(=O)N2C(c1ccc(C(=O)NCCC(=O)O)cc1)C1C2CC21. The van der Waals surface area contributed by atoms with E-state index in [1.807, 2.05) is 66.7 Å². The van der Waals surface area contributed by atoms with Crippen LogP contribution in [0.3, 0.4) is 0 Å². The Kier molecular flexibility index (Phi) is 8.37. The molecule has 3 unspecified atom stereocenters. The van der Waals surface area contributed by atoms with E-state index in [4.69, 9.17) is 14.8 Å². The molecule has 7 rings (SSSR count). The largest absolute Gasteiger partial charge is 0.489 e. The van der Waals surface area contributed by atoms with E-state index < -0.39 is 11.6 Å². The zero-order valence-electron chi connectivity index (χ0n) is 27.1. The third kappa shape index (κ3) is 6.30. The summed E-state index contributed by atoms with van der Waals surface area (Å²) in [7, 11) is 0. The van der Waals surface area contributed by atoms with Crippen LogP contribution < -0.4 is 10.1 Å². The highest BCUT2D eigenvalue weighted by atomic mass is 16.5. The summed E-state index contributed by atoms with van der Waals surface area (Å²) < 4.78 is 6.02. The quantitative estimate of drug-likeness (QED) is 0.232. The van der Waals surface area contributed by atoms with Gasteiger partial charge in [0.2, 0.25) is 0 Å². The maximum atomic E-state index is 14.7. The number of carbonyl (C=O) groups is 3. The van der Waals surface area contributed by atoms with Crippen molar-refractivity contribution in [3.8, 4) is 5.75 Å². The molecule has 47 heavy (non-hydrogen) atoms. The lowest BCUT2D eigenvalue weighted by molar-refractivity contribution is -0.137. The number of aliphatic imine (C=N–C) groups is 1. The van der Waals surface area contributed by atoms with Crippen LogP contribution in [-0.4, -0.2) is 45.7 Å². The first-order valence-corrected chi connectivity index (χ1v) is 17.0. The number of nitrogens with one attached hydrogen (secondary N) is 1. The van der Waals surface area contributed by atoms with Crippen molar-refractivity contribution < 1.29 is 24.2 Å². The summed E-state index contributed by atoms with van der Waals surface area (Å²) in [6, 6.07) is 25.2. The van der Waals surface area contributed by atoms with Gasteiger partial charge in [-0.3, -0.25) is 19.4 Å². The van der Waals surface area contributed by atoms with Crippen LogP contribution in [0.15, 0.2) is 83.9 Å². The van der Waals surface area contributed by atoms with Crippen LogP contribution in [0.1, 0.15) is 85.5 Å². The maximum Gasteiger partial charge on any atom is 0.305 e. The summed E-state index contributed by atoms with van der Waals surface area (Å²) in [5.74, 6) is 2.36. The summed E-state index contributed by atoms with van der Waals surface area (Å²) in [6.45, 7) is 5.13. The van der Waals surface area contributed by atoms with Gasteiger partial charge in [-0.25, -0.2) is 0 Å². The van der Waals surface area contributed by atoms with Gasteiger partial charge >= 0.3 is 5.97 Å². The summed E-state index contributed by atoms with van der Waals surface area (Å²) in [4.78, 5) is 45.7. The Morgan fingerprint density at radius 3 is 2.26 bits per heavy atom. The Labute approximate surface area is 276 Å². The molecule has 1 spiro atoms. The van der Waals surface area contributed by atoms with Gasteiger partial charge < -0.3 is 20.1 Å². The molecule has 3 fully saturated rings. The smallest absolute Gasteiger partial charge is 0.305 e. The summed E-state index contributed by atoms with van der Waals surface area (Å²) >= 11 is 0. The van der Waals surface area contributed by atoms with Gasteiger partial charge in [0.1, 0.15) is 23.7 Å². The zero-order chi connectivity index (χ0) is 32.7. The number of hydrogen-bond acceptors (Lipinski definition) is 5. The fraction of sp³-hybridized carbons (Fsp3) is 0.436. The third-order valence-corrected chi connectivity index (χ3v) is 10.9. The first kappa shape index (κ1) is 31.2. The van der Waals surface area contributed by atoms with Crippen molar-refractivity contribution in [2.24, 2.45) is 34.6 Å². The molecule has 1 aliphatic heterocycles. The number of carboxylic acid groups (broad SMARTS) is 1. The van der Waals surface area contributed by atoms with Crippen LogP contribution in [-0.2, 0) is 16.2 Å². The van der Waals surface area contributed by atoms with E-state index >= 15 is 0 Å². The summed E-state index contributed by atoms with van der Waals surface area (Å²) in [6.07, 6.45) is 4.83. The van der Waals surface area contributed by atoms with E-state index in [-0.39, 0.29) is 30.8 Å². The summed E-state index contributed by atoms with van der Waals surface area (Å²) in [5.41, 5.74) is 3.35. The van der Waals surface area contributed by atoms with Crippen molar-refractivity contribution >= 4 is 23.5 Å². The van der Waals surface area contributed by atoms with Crippen molar-refractivity contribution in [3.05, 3.63) is 101 Å². The van der Waals surface area contributed by atoms with Crippen LogP contribution in [0.25, 0.3) is 0 Å². The number of nitrogens with zero attached hydrogens (tertiary/aromatic N) is 2. The van der Waals surface area contributed by atoms with Crippen molar-refractivity contribution in [1.29, 1.82) is 0 Å². The van der Waals surface area contributed by atoms with Crippen molar-refractivity contribution in [1.82, 2.24) is 10.2 Å². The molecule has 4 aliphatic rings. The van der Waals surface area contributed by atoms with Gasteiger partial charge in [-0.05, 0) is 109 Å². The standard InChI is InChI=1S/C39H43N3O5/c1-24(2)26-16-19-39(20-17-26)41-35(27-12-14-30(15-13-27)47-23-25-6-4-3-5-7-25)38(46)42(39)36(34-31-22-32(31)34)28-8-10-29(11-9-28)37(45)40-21-18-33(43)44/h3-15,24,26,31-32,34,36H,16-23H2,1-2H3,(H,40,45)(H,43,44). The zero-order valence-corrected chi connectivity index (χ0v) is 27.1. The Bertz CT molecular complexity index is 1650. The molecule has 3 aromatic rings. The lowest BCUT2D eigenvalue weighted by atomic mass is 9.75. The predicted octanol–water partition coefficient (Wildman–Crippen LogP) is 6.65. The fourth-order valence-corrected chi connectivity index (χ4v) is 7.82. The van der Waals surface area contributed by atoms with Gasteiger partial charge in [-0.15, -0.1) is 0 Å². The number of carboxylic acids is 1. The lowest BCUT2D eigenvalue weighted by Crippen LogP contribution is -2.52. The molecular weight excluding hydrogens is 590 g/mol. The minimum Gasteiger partial charge on any atom is -0.489 e. The number of aliphatic carboxylic acids is 1. The monoisotopic (exact) mass is 633 g/mol. The van der Waals surface area contributed by atoms with Gasteiger partial charge in [-0.2, -0.15) is 0 Å². The third-order valence-electron chi connectivity index (χ3n) is 10.9. The topological polar surface area (TPSA) is 108 Å². The number of fused-ring (bicyclic) bond motifs is 1. The van der Waals surface area contributed by atoms with E-state index in [9.17, 15) is 14.4 Å². The average molecular weight is 634 g/mol. The molecule has 0 bridgehead atoms.